The van der Waals surface area contributed by atoms with Crippen molar-refractivity contribution >= 4 is 35.7 Å². The maximum absolute atomic E-state index is 5.87. The van der Waals surface area contributed by atoms with Crippen LogP contribution in [0.4, 0.5) is 0 Å². The van der Waals surface area contributed by atoms with E-state index in [9.17, 15) is 0 Å². The number of benzene rings is 1. The average molecular weight is 380 g/mol. The van der Waals surface area contributed by atoms with Gasteiger partial charge in [-0.3, -0.25) is 4.98 Å². The van der Waals surface area contributed by atoms with Gasteiger partial charge in [-0.15, -0.1) is 24.8 Å². The molecule has 4 nitrogen and oxygen atoms in total. The van der Waals surface area contributed by atoms with E-state index in [1.54, 1.807) is 12.4 Å². The molecular formula is C19H23Cl2N3O. The molecule has 0 unspecified atom stereocenters. The van der Waals surface area contributed by atoms with Gasteiger partial charge in [0, 0.05) is 42.0 Å². The molecule has 0 saturated heterocycles. The highest BCUT2D eigenvalue weighted by molar-refractivity contribution is 5.86. The number of para-hydroxylation sites is 1. The number of rotatable bonds is 4. The predicted molar refractivity (Wildman–Crippen MR) is 106 cm³/mol. The lowest BCUT2D eigenvalue weighted by atomic mass is 10.1. The molecule has 0 aliphatic carbocycles. The number of nitrogens with one attached hydrogen (secondary N) is 1. The Bertz CT molecular complexity index is 805. The zero-order valence-corrected chi connectivity index (χ0v) is 15.6. The fraction of sp³-hybridized carbons (Fsp3) is 0.316. The van der Waals surface area contributed by atoms with Gasteiger partial charge >= 0.3 is 0 Å². The van der Waals surface area contributed by atoms with Crippen molar-refractivity contribution in [3.63, 3.8) is 0 Å². The highest BCUT2D eigenvalue weighted by Crippen LogP contribution is 2.28. The van der Waals surface area contributed by atoms with E-state index in [0.29, 0.717) is 6.61 Å². The van der Waals surface area contributed by atoms with Crippen LogP contribution in [0.3, 0.4) is 0 Å². The molecule has 0 amide bonds. The first-order valence-electron chi connectivity index (χ1n) is 8.26. The van der Waals surface area contributed by atoms with Crippen molar-refractivity contribution in [2.24, 2.45) is 0 Å². The largest absolute Gasteiger partial charge is 0.492 e. The average Bonchev–Trinajstić information content (AvgIpc) is 2.76. The van der Waals surface area contributed by atoms with E-state index in [0.717, 1.165) is 38.2 Å². The molecule has 134 valence electrons. The summed E-state index contributed by atoms with van der Waals surface area (Å²) in [6.07, 6.45) is 5.71. The molecule has 4 rings (SSSR count). The smallest absolute Gasteiger partial charge is 0.122 e. The molecule has 1 aliphatic heterocycles. The standard InChI is InChI=1S/C19H21N3O.2ClH/c1-2-4-18-16(3-1)17-7-11-21-12-8-19(17)22(18)13-14-23-15-5-9-20-10-6-15;;/h1-6,9-10,21H,7-8,11-14H2;2*1H. The van der Waals surface area contributed by atoms with Gasteiger partial charge in [-0.05, 0) is 36.7 Å². The maximum Gasteiger partial charge on any atom is 0.122 e. The number of pyridine rings is 1. The van der Waals surface area contributed by atoms with Crippen molar-refractivity contribution in [3.05, 3.63) is 60.0 Å². The molecule has 0 atom stereocenters. The molecule has 1 N–H and O–H groups in total. The van der Waals surface area contributed by atoms with Crippen molar-refractivity contribution < 1.29 is 4.74 Å². The van der Waals surface area contributed by atoms with Crippen molar-refractivity contribution in [2.75, 3.05) is 19.7 Å². The van der Waals surface area contributed by atoms with Crippen LogP contribution in [0.15, 0.2) is 48.8 Å². The van der Waals surface area contributed by atoms with E-state index >= 15 is 0 Å². The molecule has 1 aromatic carbocycles. The monoisotopic (exact) mass is 379 g/mol. The first-order chi connectivity index (χ1) is 11.4. The van der Waals surface area contributed by atoms with E-state index in [1.807, 2.05) is 12.1 Å². The van der Waals surface area contributed by atoms with Crippen LogP contribution in [0.1, 0.15) is 11.3 Å². The van der Waals surface area contributed by atoms with Crippen molar-refractivity contribution in [2.45, 2.75) is 19.4 Å². The molecule has 2 aromatic heterocycles. The van der Waals surface area contributed by atoms with Gasteiger partial charge in [-0.25, -0.2) is 0 Å². The zero-order chi connectivity index (χ0) is 15.5. The van der Waals surface area contributed by atoms with Crippen LogP contribution in [0, 0.1) is 0 Å². The number of hydrogen-bond acceptors (Lipinski definition) is 3. The number of halogens is 2. The topological polar surface area (TPSA) is 39.1 Å². The van der Waals surface area contributed by atoms with Crippen LogP contribution in [-0.4, -0.2) is 29.2 Å². The second-order valence-electron chi connectivity index (χ2n) is 5.88. The molecule has 1 aliphatic rings. The second-order valence-corrected chi connectivity index (χ2v) is 5.88. The minimum atomic E-state index is 0. The third-order valence-electron chi connectivity index (χ3n) is 4.52. The molecule has 0 fully saturated rings. The van der Waals surface area contributed by atoms with Crippen LogP contribution in [0.5, 0.6) is 5.75 Å². The quantitative estimate of drug-likeness (QED) is 0.751. The maximum atomic E-state index is 5.87. The highest BCUT2D eigenvalue weighted by Gasteiger charge is 2.18. The molecular weight excluding hydrogens is 357 g/mol. The Morgan fingerprint density at radius 2 is 1.76 bits per heavy atom. The van der Waals surface area contributed by atoms with Gasteiger partial charge in [0.25, 0.3) is 0 Å². The van der Waals surface area contributed by atoms with Gasteiger partial charge in [-0.2, -0.15) is 0 Å². The summed E-state index contributed by atoms with van der Waals surface area (Å²) >= 11 is 0. The number of fused-ring (bicyclic) bond motifs is 3. The third kappa shape index (κ3) is 4.09. The number of aromatic nitrogens is 2. The molecule has 3 aromatic rings. The molecule has 3 heterocycles. The van der Waals surface area contributed by atoms with E-state index in [2.05, 4.69) is 39.1 Å². The fourth-order valence-electron chi connectivity index (χ4n) is 3.48. The lowest BCUT2D eigenvalue weighted by Gasteiger charge is -2.12. The normalized spacial score (nSPS) is 13.3. The third-order valence-corrected chi connectivity index (χ3v) is 4.52. The minimum absolute atomic E-state index is 0. The molecule has 6 heteroatoms. The van der Waals surface area contributed by atoms with E-state index < -0.39 is 0 Å². The number of ether oxygens (including phenoxy) is 1. The summed E-state index contributed by atoms with van der Waals surface area (Å²) in [6, 6.07) is 12.5. The lowest BCUT2D eigenvalue weighted by Crippen LogP contribution is -2.18. The molecule has 0 saturated carbocycles. The van der Waals surface area contributed by atoms with E-state index in [1.165, 1.54) is 22.2 Å². The van der Waals surface area contributed by atoms with Crippen LogP contribution in [0.2, 0.25) is 0 Å². The van der Waals surface area contributed by atoms with E-state index in [4.69, 9.17) is 4.74 Å². The number of hydrogen-bond donors (Lipinski definition) is 1. The van der Waals surface area contributed by atoms with Gasteiger partial charge in [0.1, 0.15) is 12.4 Å². The fourth-order valence-corrected chi connectivity index (χ4v) is 3.48. The SMILES string of the molecule is Cl.Cl.c1ccc2c(c1)c1c(n2CCOc2ccncc2)CCNCC1. The summed E-state index contributed by atoms with van der Waals surface area (Å²) in [5, 5.41) is 4.90. The Morgan fingerprint density at radius 1 is 1.00 bits per heavy atom. The molecule has 25 heavy (non-hydrogen) atoms. The van der Waals surface area contributed by atoms with Gasteiger partial charge in [-0.1, -0.05) is 18.2 Å². The van der Waals surface area contributed by atoms with Crippen LogP contribution >= 0.6 is 24.8 Å². The van der Waals surface area contributed by atoms with Crippen molar-refractivity contribution in [1.29, 1.82) is 0 Å². The van der Waals surface area contributed by atoms with Crippen molar-refractivity contribution in [1.82, 2.24) is 14.9 Å². The summed E-state index contributed by atoms with van der Waals surface area (Å²) in [5.41, 5.74) is 4.31. The Morgan fingerprint density at radius 3 is 2.60 bits per heavy atom. The second kappa shape index (κ2) is 9.09. The van der Waals surface area contributed by atoms with Gasteiger partial charge in [0.2, 0.25) is 0 Å². The number of nitrogens with zero attached hydrogens (tertiary/aromatic N) is 2. The minimum Gasteiger partial charge on any atom is -0.492 e. The van der Waals surface area contributed by atoms with Crippen molar-refractivity contribution in [3.8, 4) is 5.75 Å². The highest BCUT2D eigenvalue weighted by atomic mass is 35.5. The summed E-state index contributed by atoms with van der Waals surface area (Å²) in [6.45, 7) is 3.66. The lowest BCUT2D eigenvalue weighted by molar-refractivity contribution is 0.298. The van der Waals surface area contributed by atoms with Gasteiger partial charge < -0.3 is 14.6 Å². The summed E-state index contributed by atoms with van der Waals surface area (Å²) < 4.78 is 8.32. The molecule has 0 spiro atoms. The summed E-state index contributed by atoms with van der Waals surface area (Å²) in [4.78, 5) is 4.02. The predicted octanol–water partition coefficient (Wildman–Crippen LogP) is 3.65. The van der Waals surface area contributed by atoms with Crippen LogP contribution in [0.25, 0.3) is 10.9 Å². The summed E-state index contributed by atoms with van der Waals surface area (Å²) in [7, 11) is 0. The van der Waals surface area contributed by atoms with Crippen LogP contribution < -0.4 is 10.1 Å². The Hall–Kier alpha value is -1.75. The first kappa shape index (κ1) is 19.6. The summed E-state index contributed by atoms with van der Waals surface area (Å²) in [5.74, 6) is 0.879. The van der Waals surface area contributed by atoms with Gasteiger partial charge in [0.05, 0.1) is 6.54 Å². The van der Waals surface area contributed by atoms with E-state index in [-0.39, 0.29) is 24.8 Å². The van der Waals surface area contributed by atoms with Crippen LogP contribution in [-0.2, 0) is 19.4 Å². The first-order valence-corrected chi connectivity index (χ1v) is 8.26. The molecule has 0 radical (unpaired) electrons. The Labute approximate surface area is 160 Å². The van der Waals surface area contributed by atoms with Gasteiger partial charge in [0.15, 0.2) is 0 Å². The zero-order valence-electron chi connectivity index (χ0n) is 14.0. The Kier molecular flexibility index (Phi) is 7.12. The molecule has 0 bridgehead atoms. The Balaban J connectivity index is 0.00000113.